The topological polar surface area (TPSA) is 82.2 Å². The number of imide groups is 1. The number of anilines is 2. The van der Waals surface area contributed by atoms with Crippen molar-refractivity contribution in [2.75, 3.05) is 55.7 Å². The lowest BCUT2D eigenvalue weighted by Crippen LogP contribution is -2.47. The van der Waals surface area contributed by atoms with Crippen molar-refractivity contribution in [3.8, 4) is 0 Å². The Bertz CT molecular complexity index is 1040. The highest BCUT2D eigenvalue weighted by molar-refractivity contribution is 6.22. The van der Waals surface area contributed by atoms with Crippen LogP contribution in [0, 0.1) is 5.82 Å². The van der Waals surface area contributed by atoms with Crippen LogP contribution in [-0.2, 0) is 14.3 Å². The molecule has 0 spiro atoms. The third-order valence-electron chi connectivity index (χ3n) is 6.39. The zero-order valence-corrected chi connectivity index (χ0v) is 19.9. The Morgan fingerprint density at radius 3 is 2.31 bits per heavy atom. The molecule has 2 aromatic rings. The van der Waals surface area contributed by atoms with Crippen molar-refractivity contribution in [3.05, 3.63) is 59.9 Å². The fourth-order valence-corrected chi connectivity index (χ4v) is 4.48. The van der Waals surface area contributed by atoms with Gasteiger partial charge in [0.1, 0.15) is 5.82 Å². The number of carbonyl (C=O) groups excluding carboxylic acids is 3. The maximum absolute atomic E-state index is 13.1. The maximum atomic E-state index is 13.1. The summed E-state index contributed by atoms with van der Waals surface area (Å²) in [5, 5.41) is 3.23. The highest BCUT2D eigenvalue weighted by Crippen LogP contribution is 2.24. The molecule has 0 aliphatic carbocycles. The second-order valence-electron chi connectivity index (χ2n) is 8.70. The van der Waals surface area contributed by atoms with Crippen molar-refractivity contribution in [1.82, 2.24) is 10.2 Å². The van der Waals surface area contributed by atoms with E-state index < -0.39 is 12.0 Å². The fraction of sp³-hybridized carbons (Fsp3) is 0.423. The number of carbonyl (C=O) groups is 3. The first-order valence-corrected chi connectivity index (χ1v) is 12.1. The minimum Gasteiger partial charge on any atom is -0.462 e. The summed E-state index contributed by atoms with van der Waals surface area (Å²) in [7, 11) is 0. The molecular formula is C26H31FN4O4. The van der Waals surface area contributed by atoms with Crippen molar-refractivity contribution in [1.29, 1.82) is 0 Å². The van der Waals surface area contributed by atoms with Crippen LogP contribution in [0.15, 0.2) is 48.5 Å². The number of nitrogens with one attached hydrogen (secondary N) is 1. The number of halogens is 1. The van der Waals surface area contributed by atoms with Crippen LogP contribution in [0.2, 0.25) is 0 Å². The number of hydrogen-bond donors (Lipinski definition) is 1. The van der Waals surface area contributed by atoms with Crippen LogP contribution >= 0.6 is 0 Å². The van der Waals surface area contributed by atoms with E-state index >= 15 is 0 Å². The summed E-state index contributed by atoms with van der Waals surface area (Å²) in [6.45, 7) is 7.18. The molecule has 0 saturated carbocycles. The van der Waals surface area contributed by atoms with Crippen LogP contribution in [0.4, 0.5) is 15.8 Å². The molecule has 2 aromatic carbocycles. The zero-order chi connectivity index (χ0) is 24.8. The number of esters is 1. The van der Waals surface area contributed by atoms with Gasteiger partial charge in [0, 0.05) is 31.9 Å². The Kier molecular flexibility index (Phi) is 8.09. The quantitative estimate of drug-likeness (QED) is 0.334. The SMILES string of the molecule is CCOC(=O)c1ccc(N2C(=O)CC(NCCCN3CCN(c4ccc(F)cc4)CC3)C2=O)cc1. The van der Waals surface area contributed by atoms with Gasteiger partial charge < -0.3 is 15.0 Å². The molecule has 1 unspecified atom stereocenters. The summed E-state index contributed by atoms with van der Waals surface area (Å²) in [5.41, 5.74) is 1.87. The molecule has 0 radical (unpaired) electrons. The van der Waals surface area contributed by atoms with Crippen LogP contribution in [-0.4, -0.2) is 74.6 Å². The van der Waals surface area contributed by atoms with Gasteiger partial charge in [-0.05, 0) is 75.0 Å². The van der Waals surface area contributed by atoms with Crippen LogP contribution in [0.3, 0.4) is 0 Å². The van der Waals surface area contributed by atoms with E-state index in [1.807, 2.05) is 12.1 Å². The van der Waals surface area contributed by atoms with Gasteiger partial charge in [-0.1, -0.05) is 0 Å². The molecule has 2 heterocycles. The summed E-state index contributed by atoms with van der Waals surface area (Å²) in [5.74, 6) is -1.19. The van der Waals surface area contributed by atoms with Gasteiger partial charge in [-0.25, -0.2) is 14.1 Å². The lowest BCUT2D eigenvalue weighted by atomic mass is 10.2. The van der Waals surface area contributed by atoms with Crippen molar-refractivity contribution >= 4 is 29.2 Å². The predicted octanol–water partition coefficient (Wildman–Crippen LogP) is 2.44. The number of rotatable bonds is 9. The van der Waals surface area contributed by atoms with Gasteiger partial charge in [0.25, 0.3) is 5.91 Å². The molecule has 186 valence electrons. The number of hydrogen-bond acceptors (Lipinski definition) is 7. The highest BCUT2D eigenvalue weighted by atomic mass is 19.1. The zero-order valence-electron chi connectivity index (χ0n) is 19.9. The van der Waals surface area contributed by atoms with Gasteiger partial charge in [0.05, 0.1) is 30.3 Å². The van der Waals surface area contributed by atoms with E-state index in [1.165, 1.54) is 17.0 Å². The number of nitrogens with zero attached hydrogens (tertiary/aromatic N) is 3. The largest absolute Gasteiger partial charge is 0.462 e. The second kappa shape index (κ2) is 11.4. The Labute approximate surface area is 204 Å². The summed E-state index contributed by atoms with van der Waals surface area (Å²) in [6, 6.07) is 12.4. The lowest BCUT2D eigenvalue weighted by molar-refractivity contribution is -0.121. The minimum absolute atomic E-state index is 0.120. The van der Waals surface area contributed by atoms with Crippen molar-refractivity contribution < 1.29 is 23.5 Å². The first-order chi connectivity index (χ1) is 17.0. The number of amides is 2. The molecule has 8 nitrogen and oxygen atoms in total. The molecule has 2 fully saturated rings. The van der Waals surface area contributed by atoms with E-state index in [2.05, 4.69) is 15.1 Å². The summed E-state index contributed by atoms with van der Waals surface area (Å²) >= 11 is 0. The first-order valence-electron chi connectivity index (χ1n) is 12.1. The maximum Gasteiger partial charge on any atom is 0.338 e. The molecule has 9 heteroatoms. The fourth-order valence-electron chi connectivity index (χ4n) is 4.48. The molecule has 0 bridgehead atoms. The van der Waals surface area contributed by atoms with E-state index in [4.69, 9.17) is 4.74 Å². The molecule has 0 aromatic heterocycles. The Hall–Kier alpha value is -3.30. The smallest absolute Gasteiger partial charge is 0.338 e. The van der Waals surface area contributed by atoms with Crippen LogP contribution in [0.5, 0.6) is 0 Å². The van der Waals surface area contributed by atoms with Crippen molar-refractivity contribution in [3.63, 3.8) is 0 Å². The predicted molar refractivity (Wildman–Crippen MR) is 131 cm³/mol. The van der Waals surface area contributed by atoms with Crippen molar-refractivity contribution in [2.24, 2.45) is 0 Å². The van der Waals surface area contributed by atoms with Gasteiger partial charge >= 0.3 is 5.97 Å². The Morgan fingerprint density at radius 2 is 1.66 bits per heavy atom. The van der Waals surface area contributed by atoms with Crippen molar-refractivity contribution in [2.45, 2.75) is 25.8 Å². The molecule has 4 rings (SSSR count). The summed E-state index contributed by atoms with van der Waals surface area (Å²) < 4.78 is 18.1. The molecule has 2 amide bonds. The molecule has 35 heavy (non-hydrogen) atoms. The molecule has 2 aliphatic rings. The first kappa shape index (κ1) is 24.8. The summed E-state index contributed by atoms with van der Waals surface area (Å²) in [6.07, 6.45) is 0.984. The number of piperazine rings is 1. The van der Waals surface area contributed by atoms with Gasteiger partial charge in [-0.15, -0.1) is 0 Å². The third-order valence-corrected chi connectivity index (χ3v) is 6.39. The molecule has 2 saturated heterocycles. The lowest BCUT2D eigenvalue weighted by Gasteiger charge is -2.36. The number of ether oxygens (including phenoxy) is 1. The van der Waals surface area contributed by atoms with E-state index in [0.717, 1.165) is 44.8 Å². The molecule has 1 N–H and O–H groups in total. The van der Waals surface area contributed by atoms with Crippen LogP contribution < -0.4 is 15.1 Å². The van der Waals surface area contributed by atoms with Gasteiger partial charge in [0.15, 0.2) is 0 Å². The average molecular weight is 483 g/mol. The van der Waals surface area contributed by atoms with E-state index in [1.54, 1.807) is 31.2 Å². The van der Waals surface area contributed by atoms with Gasteiger partial charge in [-0.3, -0.25) is 14.5 Å². The average Bonchev–Trinajstić information content (AvgIpc) is 3.15. The Morgan fingerprint density at radius 1 is 1.00 bits per heavy atom. The molecular weight excluding hydrogens is 451 g/mol. The minimum atomic E-state index is -0.539. The van der Waals surface area contributed by atoms with Gasteiger partial charge in [-0.2, -0.15) is 0 Å². The standard InChI is InChI=1S/C26H31FN4O4/c1-2-35-26(34)19-4-8-22(9-5-19)31-24(32)18-23(25(31)33)28-12-3-13-29-14-16-30(17-15-29)21-10-6-20(27)7-11-21/h4-11,23,28H,2-3,12-18H2,1H3. The second-order valence-corrected chi connectivity index (χ2v) is 8.70. The van der Waals surface area contributed by atoms with Gasteiger partial charge in [0.2, 0.25) is 5.91 Å². The Balaban J connectivity index is 1.20. The third kappa shape index (κ3) is 6.04. The van der Waals surface area contributed by atoms with E-state index in [0.29, 0.717) is 17.8 Å². The molecule has 2 aliphatic heterocycles. The summed E-state index contributed by atoms with van der Waals surface area (Å²) in [4.78, 5) is 43.0. The monoisotopic (exact) mass is 482 g/mol. The van der Waals surface area contributed by atoms with Crippen LogP contribution in [0.1, 0.15) is 30.1 Å². The highest BCUT2D eigenvalue weighted by Gasteiger charge is 2.39. The molecule has 1 atom stereocenters. The van der Waals surface area contributed by atoms with Crippen LogP contribution in [0.25, 0.3) is 0 Å². The number of benzene rings is 2. The van der Waals surface area contributed by atoms with E-state index in [9.17, 15) is 18.8 Å². The normalized spacial score (nSPS) is 18.9. The van der Waals surface area contributed by atoms with E-state index in [-0.39, 0.29) is 30.7 Å².